The van der Waals surface area contributed by atoms with Crippen molar-refractivity contribution in [2.45, 2.75) is 45.1 Å². The Morgan fingerprint density at radius 3 is 3.00 bits per heavy atom. The summed E-state index contributed by atoms with van der Waals surface area (Å²) in [5.41, 5.74) is 2.60. The van der Waals surface area contributed by atoms with E-state index in [1.165, 1.54) is 24.2 Å². The van der Waals surface area contributed by atoms with Gasteiger partial charge in [-0.3, -0.25) is 0 Å². The number of esters is 1. The second kappa shape index (κ2) is 5.70. The van der Waals surface area contributed by atoms with Gasteiger partial charge in [-0.05, 0) is 19.8 Å². The molecule has 0 spiro atoms. The van der Waals surface area contributed by atoms with Crippen LogP contribution in [0.3, 0.4) is 0 Å². The van der Waals surface area contributed by atoms with E-state index in [4.69, 9.17) is 9.26 Å². The molecular weight excluding hydrogens is 278 g/mol. The van der Waals surface area contributed by atoms with Crippen molar-refractivity contribution in [2.75, 3.05) is 0 Å². The molecule has 1 fully saturated rings. The molecule has 1 aliphatic rings. The maximum absolute atomic E-state index is 12.1. The average molecular weight is 293 g/mol. The summed E-state index contributed by atoms with van der Waals surface area (Å²) in [4.78, 5) is 21.1. The van der Waals surface area contributed by atoms with Crippen molar-refractivity contribution in [1.29, 1.82) is 0 Å². The molecule has 0 radical (unpaired) electrons. The second-order valence-electron chi connectivity index (χ2n) is 4.86. The molecule has 1 aliphatic carbocycles. The highest BCUT2D eigenvalue weighted by Gasteiger charge is 2.26. The highest BCUT2D eigenvalue weighted by atomic mass is 32.1. The molecule has 0 amide bonds. The van der Waals surface area contributed by atoms with E-state index in [1.807, 2.05) is 0 Å². The minimum atomic E-state index is -0.356. The molecule has 0 bridgehead atoms. The Balaban J connectivity index is 1.66. The maximum Gasteiger partial charge on any atom is 0.350 e. The van der Waals surface area contributed by atoms with Crippen LogP contribution in [0.15, 0.2) is 10.0 Å². The van der Waals surface area contributed by atoms with Crippen LogP contribution in [0.25, 0.3) is 0 Å². The van der Waals surface area contributed by atoms with Crippen molar-refractivity contribution < 1.29 is 14.1 Å². The lowest BCUT2D eigenvalue weighted by Gasteiger charge is -2.08. The summed E-state index contributed by atoms with van der Waals surface area (Å²) in [6, 6.07) is 0. The van der Waals surface area contributed by atoms with E-state index < -0.39 is 0 Å². The number of aryl methyl sites for hydroxylation is 1. The molecule has 0 aromatic carbocycles. The van der Waals surface area contributed by atoms with E-state index in [1.54, 1.807) is 12.4 Å². The molecule has 0 N–H and O–H groups in total. The summed E-state index contributed by atoms with van der Waals surface area (Å²) >= 11 is 1.33. The smallest absolute Gasteiger partial charge is 0.350 e. The SMILES string of the molecule is Cc1noc(COC(=O)c2scnc2C2CCCC2)n1. The van der Waals surface area contributed by atoms with Gasteiger partial charge < -0.3 is 9.26 Å². The fraction of sp³-hybridized carbons (Fsp3) is 0.538. The third-order valence-corrected chi connectivity index (χ3v) is 4.24. The number of ether oxygens (including phenoxy) is 1. The molecule has 1 saturated carbocycles. The van der Waals surface area contributed by atoms with E-state index >= 15 is 0 Å². The lowest BCUT2D eigenvalue weighted by atomic mass is 10.0. The first-order chi connectivity index (χ1) is 9.74. The molecule has 0 aliphatic heterocycles. The Hall–Kier alpha value is -1.76. The zero-order valence-electron chi connectivity index (χ0n) is 11.2. The Bertz CT molecular complexity index is 602. The molecular formula is C13H15N3O3S. The van der Waals surface area contributed by atoms with Gasteiger partial charge in [-0.25, -0.2) is 9.78 Å². The largest absolute Gasteiger partial charge is 0.451 e. The van der Waals surface area contributed by atoms with Gasteiger partial charge in [0.2, 0.25) is 0 Å². The van der Waals surface area contributed by atoms with E-state index in [0.29, 0.717) is 22.5 Å². The van der Waals surface area contributed by atoms with E-state index in [-0.39, 0.29) is 12.6 Å². The summed E-state index contributed by atoms with van der Waals surface area (Å²) < 4.78 is 10.1. The van der Waals surface area contributed by atoms with Crippen LogP contribution in [-0.2, 0) is 11.3 Å². The first-order valence-corrected chi connectivity index (χ1v) is 7.51. The highest BCUT2D eigenvalue weighted by Crippen LogP contribution is 2.36. The van der Waals surface area contributed by atoms with Gasteiger partial charge in [-0.15, -0.1) is 11.3 Å². The molecule has 7 heteroatoms. The van der Waals surface area contributed by atoms with Crippen molar-refractivity contribution >= 4 is 17.3 Å². The van der Waals surface area contributed by atoms with E-state index in [9.17, 15) is 4.79 Å². The van der Waals surface area contributed by atoms with Gasteiger partial charge in [-0.2, -0.15) is 4.98 Å². The summed E-state index contributed by atoms with van der Waals surface area (Å²) in [6.07, 6.45) is 4.62. The standard InChI is InChI=1S/C13H15N3O3S/c1-8-15-10(19-16-8)6-18-13(17)12-11(14-7-20-12)9-4-2-3-5-9/h7,9H,2-6H2,1H3. The quantitative estimate of drug-likeness (QED) is 0.807. The molecule has 20 heavy (non-hydrogen) atoms. The lowest BCUT2D eigenvalue weighted by molar-refractivity contribution is 0.0433. The third-order valence-electron chi connectivity index (χ3n) is 3.42. The second-order valence-corrected chi connectivity index (χ2v) is 5.71. The van der Waals surface area contributed by atoms with Crippen LogP contribution in [0, 0.1) is 6.92 Å². The molecule has 2 aromatic rings. The first kappa shape index (κ1) is 13.2. The zero-order valence-corrected chi connectivity index (χ0v) is 12.0. The van der Waals surface area contributed by atoms with E-state index in [2.05, 4.69) is 15.1 Å². The maximum atomic E-state index is 12.1. The van der Waals surface area contributed by atoms with Gasteiger partial charge in [0.05, 0.1) is 11.2 Å². The van der Waals surface area contributed by atoms with Crippen LogP contribution in [0.4, 0.5) is 0 Å². The van der Waals surface area contributed by atoms with Gasteiger partial charge in [0.15, 0.2) is 12.4 Å². The van der Waals surface area contributed by atoms with E-state index in [0.717, 1.165) is 18.5 Å². The Morgan fingerprint density at radius 1 is 1.50 bits per heavy atom. The van der Waals surface area contributed by atoms with Crippen molar-refractivity contribution in [2.24, 2.45) is 0 Å². The average Bonchev–Trinajstić information content (AvgIpc) is 3.16. The van der Waals surface area contributed by atoms with Crippen molar-refractivity contribution in [3.63, 3.8) is 0 Å². The van der Waals surface area contributed by atoms with Crippen LogP contribution >= 0.6 is 11.3 Å². The minimum Gasteiger partial charge on any atom is -0.451 e. The van der Waals surface area contributed by atoms with Gasteiger partial charge in [0.25, 0.3) is 5.89 Å². The van der Waals surface area contributed by atoms with Crippen LogP contribution in [0.5, 0.6) is 0 Å². The normalized spacial score (nSPS) is 15.7. The Labute approximate surface area is 120 Å². The van der Waals surface area contributed by atoms with Gasteiger partial charge >= 0.3 is 5.97 Å². The number of aromatic nitrogens is 3. The number of thiazole rings is 1. The number of carbonyl (C=O) groups excluding carboxylic acids is 1. The monoisotopic (exact) mass is 293 g/mol. The van der Waals surface area contributed by atoms with Crippen molar-refractivity contribution in [3.8, 4) is 0 Å². The lowest BCUT2D eigenvalue weighted by Crippen LogP contribution is -2.08. The van der Waals surface area contributed by atoms with Gasteiger partial charge in [0, 0.05) is 5.92 Å². The summed E-state index contributed by atoms with van der Waals surface area (Å²) in [7, 11) is 0. The molecule has 2 heterocycles. The highest BCUT2D eigenvalue weighted by molar-refractivity contribution is 7.11. The number of hydrogen-bond donors (Lipinski definition) is 0. The first-order valence-electron chi connectivity index (χ1n) is 6.63. The summed E-state index contributed by atoms with van der Waals surface area (Å²) in [5.74, 6) is 0.878. The predicted octanol–water partition coefficient (Wildman–Crippen LogP) is 2.85. The van der Waals surface area contributed by atoms with Crippen LogP contribution in [-0.4, -0.2) is 21.1 Å². The van der Waals surface area contributed by atoms with Gasteiger partial charge in [-0.1, -0.05) is 18.0 Å². The molecule has 0 saturated heterocycles. The predicted molar refractivity (Wildman–Crippen MR) is 71.5 cm³/mol. The third kappa shape index (κ3) is 2.72. The van der Waals surface area contributed by atoms with Gasteiger partial charge in [0.1, 0.15) is 4.88 Å². The summed E-state index contributed by atoms with van der Waals surface area (Å²) in [5, 5.41) is 3.65. The fourth-order valence-corrected chi connectivity index (χ4v) is 3.26. The number of carbonyl (C=O) groups is 1. The minimum absolute atomic E-state index is 0.00167. The van der Waals surface area contributed by atoms with Crippen LogP contribution < -0.4 is 0 Å². The number of rotatable bonds is 4. The fourth-order valence-electron chi connectivity index (χ4n) is 2.49. The molecule has 3 rings (SSSR count). The number of nitrogens with zero attached hydrogens (tertiary/aromatic N) is 3. The molecule has 6 nitrogen and oxygen atoms in total. The molecule has 106 valence electrons. The Morgan fingerprint density at radius 2 is 2.30 bits per heavy atom. The molecule has 0 unspecified atom stereocenters. The number of hydrogen-bond acceptors (Lipinski definition) is 7. The molecule has 2 aromatic heterocycles. The van der Waals surface area contributed by atoms with Crippen molar-refractivity contribution in [3.05, 3.63) is 27.8 Å². The zero-order chi connectivity index (χ0) is 13.9. The Kier molecular flexibility index (Phi) is 3.77. The van der Waals surface area contributed by atoms with Crippen molar-refractivity contribution in [1.82, 2.24) is 15.1 Å². The molecule has 0 atom stereocenters. The van der Waals surface area contributed by atoms with Crippen LogP contribution in [0.1, 0.15) is 58.7 Å². The topological polar surface area (TPSA) is 78.1 Å². The summed E-state index contributed by atoms with van der Waals surface area (Å²) in [6.45, 7) is 1.72. The van der Waals surface area contributed by atoms with Crippen LogP contribution in [0.2, 0.25) is 0 Å².